The average Bonchev–Trinajstić information content (AvgIpc) is 2.64. The van der Waals surface area contributed by atoms with E-state index in [1.54, 1.807) is 0 Å². The van der Waals surface area contributed by atoms with Crippen LogP contribution in [0.3, 0.4) is 0 Å². The molecule has 4 rings (SSSR count). The van der Waals surface area contributed by atoms with E-state index in [4.69, 9.17) is 0 Å². The van der Waals surface area contributed by atoms with Crippen molar-refractivity contribution in [3.63, 3.8) is 0 Å². The van der Waals surface area contributed by atoms with E-state index >= 15 is 0 Å². The van der Waals surface area contributed by atoms with Crippen molar-refractivity contribution < 1.29 is 0 Å². The molecule has 0 aliphatic carbocycles. The lowest BCUT2D eigenvalue weighted by atomic mass is 9.82. The lowest BCUT2D eigenvalue weighted by Crippen LogP contribution is -2.05. The third-order valence-electron chi connectivity index (χ3n) is 4.74. The van der Waals surface area contributed by atoms with Gasteiger partial charge in [-0.3, -0.25) is 0 Å². The molecule has 1 atom stereocenters. The van der Waals surface area contributed by atoms with Crippen molar-refractivity contribution >= 4 is 10.8 Å². The molecule has 0 radical (unpaired) electrons. The number of rotatable bonds is 3. The van der Waals surface area contributed by atoms with Crippen LogP contribution in [0.1, 0.15) is 28.2 Å². The molecule has 0 heterocycles. The SMILES string of the molecule is Cc1ccccc1[C@@H](c1ccccc1)c1ccc2ccccc2c1. The molecule has 0 spiro atoms. The highest BCUT2D eigenvalue weighted by Gasteiger charge is 2.18. The van der Waals surface area contributed by atoms with Crippen molar-refractivity contribution in [1.82, 2.24) is 0 Å². The molecule has 0 saturated heterocycles. The molecule has 0 bridgehead atoms. The summed E-state index contributed by atoms with van der Waals surface area (Å²) in [7, 11) is 0. The summed E-state index contributed by atoms with van der Waals surface area (Å²) < 4.78 is 0. The van der Waals surface area contributed by atoms with Crippen LogP contribution >= 0.6 is 0 Å². The standard InChI is InChI=1S/C24H20/c1-18-9-5-8-14-23(18)24(20-11-3-2-4-12-20)22-16-15-19-10-6-7-13-21(19)17-22/h2-17,24H,1H3/t24-/m0/s1. The van der Waals surface area contributed by atoms with Crippen LogP contribution < -0.4 is 0 Å². The van der Waals surface area contributed by atoms with Gasteiger partial charge in [0.1, 0.15) is 0 Å². The second-order valence-electron chi connectivity index (χ2n) is 6.31. The third kappa shape index (κ3) is 2.72. The van der Waals surface area contributed by atoms with Gasteiger partial charge in [0.05, 0.1) is 0 Å². The average molecular weight is 308 g/mol. The summed E-state index contributed by atoms with van der Waals surface area (Å²) in [6.45, 7) is 2.20. The highest BCUT2D eigenvalue weighted by atomic mass is 14.2. The van der Waals surface area contributed by atoms with E-state index in [0.29, 0.717) is 0 Å². The van der Waals surface area contributed by atoms with Crippen LogP contribution in [0.2, 0.25) is 0 Å². The first-order chi connectivity index (χ1) is 11.8. The number of benzene rings is 4. The molecule has 0 saturated carbocycles. The van der Waals surface area contributed by atoms with Crippen molar-refractivity contribution in [3.8, 4) is 0 Å². The zero-order valence-electron chi connectivity index (χ0n) is 13.8. The highest BCUT2D eigenvalue weighted by molar-refractivity contribution is 5.83. The number of fused-ring (bicyclic) bond motifs is 1. The minimum atomic E-state index is 0.261. The van der Waals surface area contributed by atoms with Crippen LogP contribution in [0.25, 0.3) is 10.8 Å². The van der Waals surface area contributed by atoms with Crippen molar-refractivity contribution in [3.05, 3.63) is 119 Å². The topological polar surface area (TPSA) is 0 Å². The molecule has 0 nitrogen and oxygen atoms in total. The summed E-state index contributed by atoms with van der Waals surface area (Å²) in [5.41, 5.74) is 5.38. The number of hydrogen-bond donors (Lipinski definition) is 0. The minimum absolute atomic E-state index is 0.261. The fraction of sp³-hybridized carbons (Fsp3) is 0.0833. The summed E-state index contributed by atoms with van der Waals surface area (Å²) in [5.74, 6) is 0.261. The molecule has 0 aliphatic rings. The van der Waals surface area contributed by atoms with Crippen LogP contribution in [0.4, 0.5) is 0 Å². The largest absolute Gasteiger partial charge is 0.0622 e. The Bertz CT molecular complexity index is 967. The van der Waals surface area contributed by atoms with Crippen molar-refractivity contribution in [2.45, 2.75) is 12.8 Å². The van der Waals surface area contributed by atoms with E-state index in [9.17, 15) is 0 Å². The van der Waals surface area contributed by atoms with E-state index in [1.807, 2.05) is 0 Å². The van der Waals surface area contributed by atoms with Gasteiger partial charge in [-0.2, -0.15) is 0 Å². The van der Waals surface area contributed by atoms with E-state index in [0.717, 1.165) is 0 Å². The molecule has 4 aromatic carbocycles. The Balaban J connectivity index is 1.93. The first kappa shape index (κ1) is 14.7. The van der Waals surface area contributed by atoms with Gasteiger partial charge in [0.2, 0.25) is 0 Å². The molecule has 0 aliphatic heterocycles. The van der Waals surface area contributed by atoms with Gasteiger partial charge < -0.3 is 0 Å². The third-order valence-corrected chi connectivity index (χ3v) is 4.74. The van der Waals surface area contributed by atoms with Gasteiger partial charge in [-0.15, -0.1) is 0 Å². The van der Waals surface area contributed by atoms with Crippen LogP contribution in [0.5, 0.6) is 0 Å². The Morgan fingerprint density at radius 1 is 0.542 bits per heavy atom. The predicted molar refractivity (Wildman–Crippen MR) is 103 cm³/mol. The zero-order chi connectivity index (χ0) is 16.4. The van der Waals surface area contributed by atoms with Gasteiger partial charge in [0.15, 0.2) is 0 Å². The molecule has 0 heteroatoms. The van der Waals surface area contributed by atoms with Crippen molar-refractivity contribution in [2.24, 2.45) is 0 Å². The Hall–Kier alpha value is -2.86. The molecule has 0 N–H and O–H groups in total. The van der Waals surface area contributed by atoms with Gasteiger partial charge in [0.25, 0.3) is 0 Å². The summed E-state index contributed by atoms with van der Waals surface area (Å²) >= 11 is 0. The van der Waals surface area contributed by atoms with E-state index in [-0.39, 0.29) is 5.92 Å². The van der Waals surface area contributed by atoms with Crippen molar-refractivity contribution in [1.29, 1.82) is 0 Å². The fourth-order valence-electron chi connectivity index (χ4n) is 3.50. The zero-order valence-corrected chi connectivity index (χ0v) is 13.8. The molecule has 0 unspecified atom stereocenters. The molecule has 0 aromatic heterocycles. The summed E-state index contributed by atoms with van der Waals surface area (Å²) in [6, 6.07) is 34.9. The normalized spacial score (nSPS) is 12.2. The van der Waals surface area contributed by atoms with Crippen LogP contribution in [-0.2, 0) is 0 Å². The lowest BCUT2D eigenvalue weighted by Gasteiger charge is -2.21. The number of aryl methyl sites for hydroxylation is 1. The Morgan fingerprint density at radius 3 is 2.00 bits per heavy atom. The van der Waals surface area contributed by atoms with Crippen LogP contribution in [-0.4, -0.2) is 0 Å². The smallest absolute Gasteiger partial charge is 0.0342 e. The van der Waals surface area contributed by atoms with E-state index in [2.05, 4.69) is 104 Å². The highest BCUT2D eigenvalue weighted by Crippen LogP contribution is 2.35. The molecular weight excluding hydrogens is 288 g/mol. The molecule has 0 fully saturated rings. The maximum Gasteiger partial charge on any atom is 0.0342 e. The van der Waals surface area contributed by atoms with Gasteiger partial charge >= 0.3 is 0 Å². The predicted octanol–water partition coefficient (Wildman–Crippen LogP) is 6.33. The fourth-order valence-corrected chi connectivity index (χ4v) is 3.50. The second-order valence-corrected chi connectivity index (χ2v) is 6.31. The Morgan fingerprint density at radius 2 is 1.21 bits per heavy atom. The second kappa shape index (κ2) is 6.33. The van der Waals surface area contributed by atoms with Gasteiger partial charge in [-0.1, -0.05) is 97.1 Å². The quantitative estimate of drug-likeness (QED) is 0.388. The van der Waals surface area contributed by atoms with Gasteiger partial charge in [0, 0.05) is 5.92 Å². The Kier molecular flexibility index (Phi) is 3.88. The summed E-state index contributed by atoms with van der Waals surface area (Å²) in [5, 5.41) is 2.59. The molecule has 24 heavy (non-hydrogen) atoms. The van der Waals surface area contributed by atoms with Gasteiger partial charge in [-0.25, -0.2) is 0 Å². The maximum atomic E-state index is 2.33. The van der Waals surface area contributed by atoms with E-state index < -0.39 is 0 Å². The number of hydrogen-bond acceptors (Lipinski definition) is 0. The molecular formula is C24H20. The Labute approximate surface area is 143 Å². The molecule has 116 valence electrons. The molecule has 0 amide bonds. The van der Waals surface area contributed by atoms with Crippen LogP contribution in [0, 0.1) is 6.92 Å². The van der Waals surface area contributed by atoms with Gasteiger partial charge in [-0.05, 0) is 39.9 Å². The lowest BCUT2D eigenvalue weighted by molar-refractivity contribution is 0.965. The molecule has 4 aromatic rings. The van der Waals surface area contributed by atoms with Crippen LogP contribution in [0.15, 0.2) is 97.1 Å². The minimum Gasteiger partial charge on any atom is -0.0622 e. The first-order valence-corrected chi connectivity index (χ1v) is 8.42. The summed E-state index contributed by atoms with van der Waals surface area (Å²) in [4.78, 5) is 0. The first-order valence-electron chi connectivity index (χ1n) is 8.42. The maximum absolute atomic E-state index is 2.33. The summed E-state index contributed by atoms with van der Waals surface area (Å²) in [6.07, 6.45) is 0. The van der Waals surface area contributed by atoms with E-state index in [1.165, 1.54) is 33.0 Å². The van der Waals surface area contributed by atoms with Crippen molar-refractivity contribution in [2.75, 3.05) is 0 Å². The monoisotopic (exact) mass is 308 g/mol.